The molecule has 1 unspecified atom stereocenters. The number of benzene rings is 1. The van der Waals surface area contributed by atoms with Gasteiger partial charge in [0, 0.05) is 12.6 Å². The highest BCUT2D eigenvalue weighted by Crippen LogP contribution is 2.14. The number of carbonyl (C=O) groups is 1. The van der Waals surface area contributed by atoms with Gasteiger partial charge in [0.25, 0.3) is 5.91 Å². The Labute approximate surface area is 101 Å². The average Bonchev–Trinajstić information content (AvgIpc) is 2.37. The Morgan fingerprint density at radius 2 is 2.06 bits per heavy atom. The molecule has 0 saturated carbocycles. The van der Waals surface area contributed by atoms with Crippen LogP contribution in [0.5, 0.6) is 5.75 Å². The molecule has 0 aliphatic carbocycles. The summed E-state index contributed by atoms with van der Waals surface area (Å²) in [5.74, 6) is 0.571. The van der Waals surface area contributed by atoms with Crippen molar-refractivity contribution >= 4 is 5.91 Å². The van der Waals surface area contributed by atoms with Crippen LogP contribution in [0.25, 0.3) is 0 Å². The van der Waals surface area contributed by atoms with Gasteiger partial charge in [-0.2, -0.15) is 5.26 Å². The smallest absolute Gasteiger partial charge is 0.254 e. The Morgan fingerprint density at radius 1 is 1.47 bits per heavy atom. The number of hydrogen-bond donors (Lipinski definition) is 0. The van der Waals surface area contributed by atoms with Gasteiger partial charge in [-0.15, -0.1) is 0 Å². The van der Waals surface area contributed by atoms with E-state index >= 15 is 0 Å². The summed E-state index contributed by atoms with van der Waals surface area (Å²) >= 11 is 0. The number of nitriles is 1. The topological polar surface area (TPSA) is 53.3 Å². The minimum absolute atomic E-state index is 0.165. The van der Waals surface area contributed by atoms with E-state index in [4.69, 9.17) is 10.00 Å². The fraction of sp³-hybridized carbons (Fsp3) is 0.385. The van der Waals surface area contributed by atoms with Crippen LogP contribution < -0.4 is 4.74 Å². The zero-order chi connectivity index (χ0) is 12.8. The Kier molecular flexibility index (Phi) is 4.53. The van der Waals surface area contributed by atoms with Crippen LogP contribution in [0.15, 0.2) is 24.3 Å². The van der Waals surface area contributed by atoms with Gasteiger partial charge in [0.05, 0.1) is 12.7 Å². The molecule has 0 aliphatic rings. The Morgan fingerprint density at radius 3 is 2.53 bits per heavy atom. The molecule has 90 valence electrons. The molecular formula is C13H16N2O2. The Balaban J connectivity index is 2.80. The van der Waals surface area contributed by atoms with Crippen molar-refractivity contribution in [2.45, 2.75) is 19.9 Å². The second-order valence-corrected chi connectivity index (χ2v) is 3.68. The van der Waals surface area contributed by atoms with Crippen molar-refractivity contribution in [3.8, 4) is 11.8 Å². The molecule has 0 aliphatic heterocycles. The summed E-state index contributed by atoms with van der Waals surface area (Å²) < 4.78 is 5.29. The van der Waals surface area contributed by atoms with Crippen LogP contribution in [-0.4, -0.2) is 30.5 Å². The zero-order valence-electron chi connectivity index (χ0n) is 10.3. The van der Waals surface area contributed by atoms with Crippen LogP contribution in [-0.2, 0) is 0 Å². The molecule has 1 aromatic carbocycles. The minimum atomic E-state index is -0.436. The van der Waals surface area contributed by atoms with Gasteiger partial charge in [0.1, 0.15) is 11.8 Å². The van der Waals surface area contributed by atoms with Gasteiger partial charge in [0.2, 0.25) is 0 Å². The number of carbonyl (C=O) groups excluding carboxylic acids is 1. The van der Waals surface area contributed by atoms with Crippen LogP contribution in [0.2, 0.25) is 0 Å². The van der Waals surface area contributed by atoms with Crippen molar-refractivity contribution in [2.75, 3.05) is 13.7 Å². The summed E-state index contributed by atoms with van der Waals surface area (Å²) in [7, 11) is 1.62. The van der Waals surface area contributed by atoms with Crippen LogP contribution in [0.3, 0.4) is 0 Å². The molecule has 1 atom stereocenters. The molecule has 0 spiro atoms. The summed E-state index contributed by atoms with van der Waals surface area (Å²) in [6.07, 6.45) is 0. The van der Waals surface area contributed by atoms with Gasteiger partial charge in [-0.3, -0.25) is 4.79 Å². The highest BCUT2D eigenvalue weighted by atomic mass is 16.5. The molecule has 1 amide bonds. The second kappa shape index (κ2) is 5.90. The molecule has 4 nitrogen and oxygen atoms in total. The molecule has 0 radical (unpaired) electrons. The van der Waals surface area contributed by atoms with Gasteiger partial charge in [-0.05, 0) is 38.1 Å². The van der Waals surface area contributed by atoms with Gasteiger partial charge in [-0.1, -0.05) is 0 Å². The molecule has 17 heavy (non-hydrogen) atoms. The highest BCUT2D eigenvalue weighted by Gasteiger charge is 2.16. The first-order valence-corrected chi connectivity index (χ1v) is 5.49. The molecule has 0 aromatic heterocycles. The molecule has 4 heteroatoms. The summed E-state index contributed by atoms with van der Waals surface area (Å²) in [5, 5.41) is 8.75. The molecule has 0 N–H and O–H groups in total. The molecule has 0 fully saturated rings. The first-order chi connectivity index (χ1) is 8.10. The fourth-order valence-corrected chi connectivity index (χ4v) is 1.33. The second-order valence-electron chi connectivity index (χ2n) is 3.68. The number of hydrogen-bond acceptors (Lipinski definition) is 3. The summed E-state index contributed by atoms with van der Waals surface area (Å²) in [5.41, 5.74) is 0.554. The van der Waals surface area contributed by atoms with Gasteiger partial charge < -0.3 is 9.64 Å². The van der Waals surface area contributed by atoms with E-state index in [-0.39, 0.29) is 5.91 Å². The lowest BCUT2D eigenvalue weighted by atomic mass is 10.2. The van der Waals surface area contributed by atoms with Gasteiger partial charge in [-0.25, -0.2) is 0 Å². The third kappa shape index (κ3) is 3.22. The molecule has 1 aromatic rings. The quantitative estimate of drug-likeness (QED) is 0.798. The molecular weight excluding hydrogens is 216 g/mol. The third-order valence-corrected chi connectivity index (χ3v) is 2.50. The first kappa shape index (κ1) is 13.0. The number of amides is 1. The van der Waals surface area contributed by atoms with Crippen LogP contribution >= 0.6 is 0 Å². The molecule has 0 bridgehead atoms. The monoisotopic (exact) mass is 232 g/mol. The van der Waals surface area contributed by atoms with Crippen molar-refractivity contribution in [3.05, 3.63) is 29.8 Å². The fourth-order valence-electron chi connectivity index (χ4n) is 1.33. The summed E-state index contributed by atoms with van der Waals surface area (Å²) in [6.45, 7) is 4.19. The molecule has 0 heterocycles. The number of ether oxygens (including phenoxy) is 1. The lowest BCUT2D eigenvalue weighted by Crippen LogP contribution is -2.33. The van der Waals surface area contributed by atoms with Gasteiger partial charge >= 0.3 is 0 Å². The lowest BCUT2D eigenvalue weighted by molar-refractivity contribution is 0.0773. The van der Waals surface area contributed by atoms with E-state index in [9.17, 15) is 4.79 Å². The van der Waals surface area contributed by atoms with Crippen molar-refractivity contribution in [1.29, 1.82) is 5.26 Å². The largest absolute Gasteiger partial charge is 0.494 e. The first-order valence-electron chi connectivity index (χ1n) is 5.49. The predicted molar refractivity (Wildman–Crippen MR) is 64.8 cm³/mol. The van der Waals surface area contributed by atoms with Crippen molar-refractivity contribution < 1.29 is 9.53 Å². The number of rotatable bonds is 4. The normalized spacial score (nSPS) is 11.4. The summed E-state index contributed by atoms with van der Waals surface area (Å²) in [4.78, 5) is 13.4. The van der Waals surface area contributed by atoms with Crippen molar-refractivity contribution in [3.63, 3.8) is 0 Å². The standard InChI is InChI=1S/C13H16N2O2/c1-4-17-12-7-5-11(6-8-12)13(16)15(3)10(2)9-14/h5-8,10H,4H2,1-3H3. The summed E-state index contributed by atoms with van der Waals surface area (Å²) in [6, 6.07) is 8.50. The Bertz CT molecular complexity index is 420. The van der Waals surface area contributed by atoms with E-state index in [0.717, 1.165) is 5.75 Å². The van der Waals surface area contributed by atoms with E-state index in [1.165, 1.54) is 4.90 Å². The maximum absolute atomic E-state index is 11.9. The van der Waals surface area contributed by atoms with E-state index in [1.807, 2.05) is 13.0 Å². The van der Waals surface area contributed by atoms with E-state index < -0.39 is 6.04 Å². The molecule has 0 saturated heterocycles. The van der Waals surface area contributed by atoms with Crippen LogP contribution in [0.4, 0.5) is 0 Å². The van der Waals surface area contributed by atoms with E-state index in [2.05, 4.69) is 0 Å². The maximum atomic E-state index is 11.9. The Hall–Kier alpha value is -2.02. The van der Waals surface area contributed by atoms with Crippen LogP contribution in [0.1, 0.15) is 24.2 Å². The van der Waals surface area contributed by atoms with E-state index in [1.54, 1.807) is 38.2 Å². The van der Waals surface area contributed by atoms with Gasteiger partial charge in [0.15, 0.2) is 0 Å². The SMILES string of the molecule is CCOc1ccc(C(=O)N(C)C(C)C#N)cc1. The maximum Gasteiger partial charge on any atom is 0.254 e. The third-order valence-electron chi connectivity index (χ3n) is 2.50. The average molecular weight is 232 g/mol. The van der Waals surface area contributed by atoms with Crippen molar-refractivity contribution in [1.82, 2.24) is 4.90 Å². The zero-order valence-corrected chi connectivity index (χ0v) is 10.3. The van der Waals surface area contributed by atoms with Crippen molar-refractivity contribution in [2.24, 2.45) is 0 Å². The molecule has 1 rings (SSSR count). The van der Waals surface area contributed by atoms with Crippen LogP contribution in [0, 0.1) is 11.3 Å². The highest BCUT2D eigenvalue weighted by molar-refractivity contribution is 5.94. The number of nitrogens with zero attached hydrogens (tertiary/aromatic N) is 2. The lowest BCUT2D eigenvalue weighted by Gasteiger charge is -2.19. The predicted octanol–water partition coefficient (Wildman–Crippen LogP) is 2.07. The van der Waals surface area contributed by atoms with E-state index in [0.29, 0.717) is 12.2 Å². The minimum Gasteiger partial charge on any atom is -0.494 e.